The zero-order valence-electron chi connectivity index (χ0n) is 15.0. The Bertz CT molecular complexity index is 911. The monoisotopic (exact) mass is 354 g/mol. The number of hydrogen-bond acceptors (Lipinski definition) is 2. The van der Waals surface area contributed by atoms with Crippen LogP contribution in [0.3, 0.4) is 0 Å². The van der Waals surface area contributed by atoms with Crippen molar-refractivity contribution in [1.29, 1.82) is 0 Å². The molecular weight excluding hydrogens is 331 g/mol. The lowest BCUT2D eigenvalue weighted by atomic mass is 9.94. The van der Waals surface area contributed by atoms with Gasteiger partial charge in [-0.15, -0.1) is 0 Å². The Kier molecular flexibility index (Phi) is 4.28. The number of piperidine rings is 1. The molecule has 1 aliphatic heterocycles. The molecule has 3 heterocycles. The van der Waals surface area contributed by atoms with Gasteiger partial charge in [0.15, 0.2) is 0 Å². The van der Waals surface area contributed by atoms with Gasteiger partial charge in [-0.2, -0.15) is 0 Å². The van der Waals surface area contributed by atoms with Crippen LogP contribution in [0.5, 0.6) is 0 Å². The summed E-state index contributed by atoms with van der Waals surface area (Å²) >= 11 is 0. The van der Waals surface area contributed by atoms with E-state index >= 15 is 0 Å². The van der Waals surface area contributed by atoms with E-state index in [1.165, 1.54) is 6.07 Å². The van der Waals surface area contributed by atoms with E-state index in [0.29, 0.717) is 28.3 Å². The molecule has 3 N–H and O–H groups in total. The normalized spacial score (nSPS) is 16.3. The molecule has 2 aromatic heterocycles. The molecular formula is C20H23FN4O. The van der Waals surface area contributed by atoms with Gasteiger partial charge in [0.2, 0.25) is 0 Å². The highest BCUT2D eigenvalue weighted by Gasteiger charge is 2.20. The molecule has 26 heavy (non-hydrogen) atoms. The lowest BCUT2D eigenvalue weighted by Crippen LogP contribution is -2.29. The van der Waals surface area contributed by atoms with Crippen LogP contribution in [0.2, 0.25) is 0 Å². The van der Waals surface area contributed by atoms with E-state index in [1.807, 2.05) is 19.1 Å². The summed E-state index contributed by atoms with van der Waals surface area (Å²) in [4.78, 5) is 21.2. The van der Waals surface area contributed by atoms with Gasteiger partial charge in [0.25, 0.3) is 5.91 Å². The summed E-state index contributed by atoms with van der Waals surface area (Å²) in [5.74, 6) is 0.559. The predicted octanol–water partition coefficient (Wildman–Crippen LogP) is 4.01. The quantitative estimate of drug-likeness (QED) is 0.665. The van der Waals surface area contributed by atoms with Crippen molar-refractivity contribution in [3.63, 3.8) is 0 Å². The largest absolute Gasteiger partial charge is 0.350 e. The molecule has 0 spiro atoms. The molecule has 0 atom stereocenters. The van der Waals surface area contributed by atoms with Crippen LogP contribution in [-0.2, 0) is 0 Å². The van der Waals surface area contributed by atoms with Gasteiger partial charge in [0, 0.05) is 17.0 Å². The van der Waals surface area contributed by atoms with Crippen molar-refractivity contribution in [1.82, 2.24) is 14.9 Å². The smallest absolute Gasteiger partial charge is 0.273 e. The molecule has 1 aromatic carbocycles. The second-order valence-corrected chi connectivity index (χ2v) is 7.19. The fourth-order valence-corrected chi connectivity index (χ4v) is 3.68. The second-order valence-electron chi connectivity index (χ2n) is 7.19. The van der Waals surface area contributed by atoms with Crippen molar-refractivity contribution in [3.8, 4) is 0 Å². The van der Waals surface area contributed by atoms with Crippen LogP contribution in [-0.4, -0.2) is 40.9 Å². The molecule has 5 nitrogen and oxygen atoms in total. The van der Waals surface area contributed by atoms with E-state index in [4.69, 9.17) is 0 Å². The first-order valence-electron chi connectivity index (χ1n) is 8.98. The number of nitrogens with zero attached hydrogens (tertiary/aromatic N) is 1. The predicted molar refractivity (Wildman–Crippen MR) is 101 cm³/mol. The van der Waals surface area contributed by atoms with Crippen molar-refractivity contribution in [2.75, 3.05) is 25.5 Å². The molecule has 4 rings (SSSR count). The van der Waals surface area contributed by atoms with Crippen LogP contribution in [0.15, 0.2) is 30.3 Å². The number of H-pyrrole nitrogens is 2. The summed E-state index contributed by atoms with van der Waals surface area (Å²) in [6.45, 7) is 4.07. The van der Waals surface area contributed by atoms with Gasteiger partial charge in [-0.1, -0.05) is 6.07 Å². The number of amides is 1. The van der Waals surface area contributed by atoms with E-state index < -0.39 is 0 Å². The fraction of sp³-hybridized carbons (Fsp3) is 0.350. The van der Waals surface area contributed by atoms with Gasteiger partial charge in [-0.25, -0.2) is 4.39 Å². The fourth-order valence-electron chi connectivity index (χ4n) is 3.68. The summed E-state index contributed by atoms with van der Waals surface area (Å²) in [6, 6.07) is 8.62. The van der Waals surface area contributed by atoms with Crippen LogP contribution >= 0.6 is 0 Å². The van der Waals surface area contributed by atoms with E-state index in [9.17, 15) is 9.18 Å². The zero-order chi connectivity index (χ0) is 18.3. The van der Waals surface area contributed by atoms with Crippen molar-refractivity contribution < 1.29 is 9.18 Å². The van der Waals surface area contributed by atoms with E-state index in [1.54, 1.807) is 12.1 Å². The van der Waals surface area contributed by atoms with Crippen LogP contribution in [0.4, 0.5) is 10.2 Å². The summed E-state index contributed by atoms with van der Waals surface area (Å²) < 4.78 is 13.9. The molecule has 136 valence electrons. The number of aryl methyl sites for hydroxylation is 1. The first-order valence-corrected chi connectivity index (χ1v) is 8.98. The standard InChI is InChI=1S/C20H23FN4O/c1-12-3-4-15(21)14-11-17(23-19(12)14)20(26)24-18-6-5-16(22-18)13-7-9-25(2)10-8-13/h3-6,11,13,22-23H,7-10H2,1-2H3,(H,24,26). The number of aromatic nitrogens is 2. The SMILES string of the molecule is Cc1ccc(F)c2cc(C(=O)Nc3ccc(C4CCN(C)CC4)[nH]3)[nH]c12. The Morgan fingerprint density at radius 2 is 1.96 bits per heavy atom. The van der Waals surface area contributed by atoms with Gasteiger partial charge >= 0.3 is 0 Å². The third kappa shape index (κ3) is 3.12. The number of fused-ring (bicyclic) bond motifs is 1. The molecule has 1 saturated heterocycles. The topological polar surface area (TPSA) is 63.9 Å². The maximum Gasteiger partial charge on any atom is 0.273 e. The molecule has 3 aromatic rings. The minimum atomic E-state index is -0.328. The molecule has 0 aliphatic carbocycles. The number of aromatic amines is 2. The number of anilines is 1. The van der Waals surface area contributed by atoms with Gasteiger partial charge < -0.3 is 20.2 Å². The number of benzene rings is 1. The number of carbonyl (C=O) groups is 1. The van der Waals surface area contributed by atoms with E-state index in [0.717, 1.165) is 37.2 Å². The van der Waals surface area contributed by atoms with Gasteiger partial charge in [-0.05, 0) is 69.7 Å². The highest BCUT2D eigenvalue weighted by Crippen LogP contribution is 2.28. The maximum absolute atomic E-state index is 13.9. The van der Waals surface area contributed by atoms with E-state index in [-0.39, 0.29) is 11.7 Å². The summed E-state index contributed by atoms with van der Waals surface area (Å²) in [6.07, 6.45) is 2.23. The highest BCUT2D eigenvalue weighted by molar-refractivity contribution is 6.05. The number of likely N-dealkylation sites (tertiary alicyclic amines) is 1. The molecule has 1 aliphatic rings. The second kappa shape index (κ2) is 6.61. The number of carbonyl (C=O) groups excluding carboxylic acids is 1. The zero-order valence-corrected chi connectivity index (χ0v) is 15.0. The minimum absolute atomic E-state index is 0.281. The first kappa shape index (κ1) is 16.8. The van der Waals surface area contributed by atoms with Gasteiger partial charge in [0.05, 0.1) is 5.52 Å². The summed E-state index contributed by atoms with van der Waals surface area (Å²) in [5.41, 5.74) is 3.08. The molecule has 0 unspecified atom stereocenters. The van der Waals surface area contributed by atoms with Crippen LogP contribution < -0.4 is 5.32 Å². The lowest BCUT2D eigenvalue weighted by molar-refractivity contribution is 0.102. The maximum atomic E-state index is 13.9. The number of nitrogens with one attached hydrogen (secondary N) is 3. The Hall–Kier alpha value is -2.60. The third-order valence-corrected chi connectivity index (χ3v) is 5.31. The van der Waals surface area contributed by atoms with E-state index in [2.05, 4.69) is 27.2 Å². The average molecular weight is 354 g/mol. The van der Waals surface area contributed by atoms with Gasteiger partial charge in [0.1, 0.15) is 17.3 Å². The Morgan fingerprint density at radius 1 is 1.19 bits per heavy atom. The molecule has 0 saturated carbocycles. The van der Waals surface area contributed by atoms with Crippen molar-refractivity contribution >= 4 is 22.6 Å². The van der Waals surface area contributed by atoms with Crippen molar-refractivity contribution in [2.45, 2.75) is 25.7 Å². The Balaban J connectivity index is 1.50. The summed E-state index contributed by atoms with van der Waals surface area (Å²) in [7, 11) is 2.14. The molecule has 0 bridgehead atoms. The molecule has 0 radical (unpaired) electrons. The van der Waals surface area contributed by atoms with Crippen molar-refractivity contribution in [2.24, 2.45) is 0 Å². The first-order chi connectivity index (χ1) is 12.5. The van der Waals surface area contributed by atoms with Crippen LogP contribution in [0.25, 0.3) is 10.9 Å². The molecule has 1 fully saturated rings. The Morgan fingerprint density at radius 3 is 2.69 bits per heavy atom. The number of rotatable bonds is 3. The number of hydrogen-bond donors (Lipinski definition) is 3. The lowest BCUT2D eigenvalue weighted by Gasteiger charge is -2.28. The third-order valence-electron chi connectivity index (χ3n) is 5.31. The number of halogens is 1. The van der Waals surface area contributed by atoms with Crippen LogP contribution in [0.1, 0.15) is 40.5 Å². The molecule has 6 heteroatoms. The van der Waals surface area contributed by atoms with Crippen LogP contribution in [0, 0.1) is 12.7 Å². The highest BCUT2D eigenvalue weighted by atomic mass is 19.1. The minimum Gasteiger partial charge on any atom is -0.350 e. The Labute approximate surface area is 151 Å². The molecule has 1 amide bonds. The summed E-state index contributed by atoms with van der Waals surface area (Å²) in [5, 5.41) is 3.31. The average Bonchev–Trinajstić information content (AvgIpc) is 3.27. The van der Waals surface area contributed by atoms with Crippen molar-refractivity contribution in [3.05, 3.63) is 53.1 Å². The van der Waals surface area contributed by atoms with Gasteiger partial charge in [-0.3, -0.25) is 4.79 Å².